The molecule has 5 heteroatoms. The first-order chi connectivity index (χ1) is 6.22. The van der Waals surface area contributed by atoms with Crippen molar-refractivity contribution in [2.24, 2.45) is 5.73 Å². The van der Waals surface area contributed by atoms with Crippen LogP contribution in [0.4, 0.5) is 0 Å². The van der Waals surface area contributed by atoms with Crippen LogP contribution in [0.15, 0.2) is 12.4 Å². The van der Waals surface area contributed by atoms with Crippen molar-refractivity contribution in [1.29, 1.82) is 0 Å². The Morgan fingerprint density at radius 2 is 2.38 bits per heavy atom. The van der Waals surface area contributed by atoms with Crippen molar-refractivity contribution in [1.82, 2.24) is 14.6 Å². The van der Waals surface area contributed by atoms with E-state index >= 15 is 0 Å². The van der Waals surface area contributed by atoms with Crippen molar-refractivity contribution in [3.05, 3.63) is 27.2 Å². The normalized spacial score (nSPS) is 11.0. The zero-order valence-electron chi connectivity index (χ0n) is 7.16. The fourth-order valence-electron chi connectivity index (χ4n) is 1.16. The van der Waals surface area contributed by atoms with Crippen molar-refractivity contribution < 1.29 is 0 Å². The Hall–Kier alpha value is -0.690. The number of nitrogens with zero attached hydrogens (tertiary/aromatic N) is 3. The average Bonchev–Trinajstić information content (AvgIpc) is 2.42. The molecule has 68 valence electrons. The molecule has 0 bridgehead atoms. The molecule has 2 rings (SSSR count). The molecule has 0 aliphatic heterocycles. The molecule has 0 unspecified atom stereocenters. The Bertz CT molecular complexity index is 449. The van der Waals surface area contributed by atoms with Gasteiger partial charge in [-0.05, 0) is 29.5 Å². The number of hydrogen-bond acceptors (Lipinski definition) is 3. The molecule has 0 aliphatic carbocycles. The first-order valence-electron chi connectivity index (χ1n) is 3.92. The molecule has 2 heterocycles. The van der Waals surface area contributed by atoms with E-state index in [1.54, 1.807) is 10.7 Å². The number of aryl methyl sites for hydroxylation is 1. The molecule has 0 fully saturated rings. The highest BCUT2D eigenvalue weighted by molar-refractivity contribution is 14.1. The van der Waals surface area contributed by atoms with Crippen molar-refractivity contribution in [3.8, 4) is 0 Å². The summed E-state index contributed by atoms with van der Waals surface area (Å²) >= 11 is 2.24. The number of rotatable bonds is 1. The Labute approximate surface area is 89.3 Å². The van der Waals surface area contributed by atoms with Gasteiger partial charge in [-0.3, -0.25) is 0 Å². The van der Waals surface area contributed by atoms with E-state index in [4.69, 9.17) is 5.73 Å². The molecule has 13 heavy (non-hydrogen) atoms. The number of aromatic nitrogens is 3. The molecule has 0 amide bonds. The van der Waals surface area contributed by atoms with Crippen LogP contribution in [0.5, 0.6) is 0 Å². The van der Waals surface area contributed by atoms with Crippen LogP contribution in [-0.2, 0) is 6.54 Å². The number of hydrogen-bond donors (Lipinski definition) is 1. The number of halogens is 1. The molecule has 4 nitrogen and oxygen atoms in total. The minimum Gasteiger partial charge on any atom is -0.326 e. The third-order valence-corrected chi connectivity index (χ3v) is 3.13. The monoisotopic (exact) mass is 288 g/mol. The van der Waals surface area contributed by atoms with Gasteiger partial charge in [0, 0.05) is 24.5 Å². The lowest BCUT2D eigenvalue weighted by Crippen LogP contribution is -2.00. The predicted molar refractivity (Wildman–Crippen MR) is 58.3 cm³/mol. The summed E-state index contributed by atoms with van der Waals surface area (Å²) in [6.07, 6.45) is 3.70. The van der Waals surface area contributed by atoms with Gasteiger partial charge < -0.3 is 5.73 Å². The van der Waals surface area contributed by atoms with Gasteiger partial charge in [0.1, 0.15) is 0 Å². The average molecular weight is 288 g/mol. The Morgan fingerprint density at radius 3 is 3.08 bits per heavy atom. The van der Waals surface area contributed by atoms with Crippen LogP contribution in [0.2, 0.25) is 0 Å². The van der Waals surface area contributed by atoms with Gasteiger partial charge in [0.15, 0.2) is 5.65 Å². The topological polar surface area (TPSA) is 56.2 Å². The lowest BCUT2D eigenvalue weighted by atomic mass is 10.3. The van der Waals surface area contributed by atoms with Crippen molar-refractivity contribution in [2.75, 3.05) is 0 Å². The van der Waals surface area contributed by atoms with E-state index in [1.165, 1.54) is 0 Å². The third kappa shape index (κ3) is 1.42. The van der Waals surface area contributed by atoms with Crippen LogP contribution >= 0.6 is 22.6 Å². The van der Waals surface area contributed by atoms with E-state index in [1.807, 2.05) is 13.1 Å². The summed E-state index contributed by atoms with van der Waals surface area (Å²) < 4.78 is 2.88. The second-order valence-electron chi connectivity index (χ2n) is 2.83. The third-order valence-electron chi connectivity index (χ3n) is 1.87. The lowest BCUT2D eigenvalue weighted by molar-refractivity contribution is 0.887. The van der Waals surface area contributed by atoms with E-state index in [0.29, 0.717) is 6.54 Å². The van der Waals surface area contributed by atoms with Gasteiger partial charge in [-0.2, -0.15) is 5.10 Å². The lowest BCUT2D eigenvalue weighted by Gasteiger charge is -1.96. The molecule has 0 saturated heterocycles. The predicted octanol–water partition coefficient (Wildman–Crippen LogP) is 1.10. The standard InChI is InChI=1S/C8H9IN4/c1-5-7(9)8-11-3-6(2-10)4-13(8)12-5/h3-4H,2,10H2,1H3. The molecular weight excluding hydrogens is 279 g/mol. The van der Waals surface area contributed by atoms with Crippen LogP contribution in [0, 0.1) is 10.5 Å². The maximum Gasteiger partial charge on any atom is 0.168 e. The van der Waals surface area contributed by atoms with Gasteiger partial charge in [0.05, 0.1) is 9.26 Å². The highest BCUT2D eigenvalue weighted by atomic mass is 127. The minimum atomic E-state index is 0.498. The van der Waals surface area contributed by atoms with Gasteiger partial charge in [-0.1, -0.05) is 0 Å². The molecule has 0 spiro atoms. The Kier molecular flexibility index (Phi) is 2.20. The second-order valence-corrected chi connectivity index (χ2v) is 3.91. The maximum atomic E-state index is 5.50. The van der Waals surface area contributed by atoms with Crippen molar-refractivity contribution >= 4 is 28.2 Å². The molecule has 0 aliphatic rings. The molecule has 2 aromatic heterocycles. The number of fused-ring (bicyclic) bond motifs is 1. The number of nitrogens with two attached hydrogens (primary N) is 1. The molecule has 0 radical (unpaired) electrons. The highest BCUT2D eigenvalue weighted by Gasteiger charge is 2.06. The molecule has 0 atom stereocenters. The first-order valence-corrected chi connectivity index (χ1v) is 4.99. The highest BCUT2D eigenvalue weighted by Crippen LogP contribution is 2.15. The first kappa shape index (κ1) is 8.89. The summed E-state index contributed by atoms with van der Waals surface area (Å²) in [6.45, 7) is 2.47. The Balaban J connectivity index is 2.73. The fourth-order valence-corrected chi connectivity index (χ4v) is 1.66. The second kappa shape index (κ2) is 3.22. The van der Waals surface area contributed by atoms with Gasteiger partial charge in [0.2, 0.25) is 0 Å². The fraction of sp³-hybridized carbons (Fsp3) is 0.250. The van der Waals surface area contributed by atoms with Crippen molar-refractivity contribution in [2.45, 2.75) is 13.5 Å². The van der Waals surface area contributed by atoms with Gasteiger partial charge in [-0.15, -0.1) is 0 Å². The largest absolute Gasteiger partial charge is 0.326 e. The summed E-state index contributed by atoms with van der Waals surface area (Å²) in [5, 5.41) is 4.31. The summed E-state index contributed by atoms with van der Waals surface area (Å²) in [4.78, 5) is 4.29. The summed E-state index contributed by atoms with van der Waals surface area (Å²) in [7, 11) is 0. The quantitative estimate of drug-likeness (QED) is 0.799. The smallest absolute Gasteiger partial charge is 0.168 e. The minimum absolute atomic E-state index is 0.498. The van der Waals surface area contributed by atoms with Gasteiger partial charge in [-0.25, -0.2) is 9.50 Å². The molecule has 2 aromatic rings. The Morgan fingerprint density at radius 1 is 1.62 bits per heavy atom. The van der Waals surface area contributed by atoms with E-state index in [0.717, 1.165) is 20.5 Å². The molecular formula is C8H9IN4. The van der Waals surface area contributed by atoms with E-state index in [9.17, 15) is 0 Å². The van der Waals surface area contributed by atoms with Crippen LogP contribution in [-0.4, -0.2) is 14.6 Å². The van der Waals surface area contributed by atoms with Crippen molar-refractivity contribution in [3.63, 3.8) is 0 Å². The maximum absolute atomic E-state index is 5.50. The zero-order valence-corrected chi connectivity index (χ0v) is 9.32. The van der Waals surface area contributed by atoms with Crippen LogP contribution in [0.1, 0.15) is 11.3 Å². The molecule has 2 N–H and O–H groups in total. The molecule has 0 aromatic carbocycles. The SMILES string of the molecule is Cc1nn2cc(CN)cnc2c1I. The zero-order chi connectivity index (χ0) is 9.42. The van der Waals surface area contributed by atoms with Crippen LogP contribution in [0.3, 0.4) is 0 Å². The van der Waals surface area contributed by atoms with E-state index in [2.05, 4.69) is 32.7 Å². The van der Waals surface area contributed by atoms with Gasteiger partial charge >= 0.3 is 0 Å². The molecule has 0 saturated carbocycles. The summed E-state index contributed by atoms with van der Waals surface area (Å²) in [5.41, 5.74) is 8.40. The van der Waals surface area contributed by atoms with E-state index < -0.39 is 0 Å². The van der Waals surface area contributed by atoms with Crippen LogP contribution in [0.25, 0.3) is 5.65 Å². The summed E-state index contributed by atoms with van der Waals surface area (Å²) in [5.74, 6) is 0. The van der Waals surface area contributed by atoms with Gasteiger partial charge in [0.25, 0.3) is 0 Å². The van der Waals surface area contributed by atoms with E-state index in [-0.39, 0.29) is 0 Å². The van der Waals surface area contributed by atoms with Crippen LogP contribution < -0.4 is 5.73 Å². The summed E-state index contributed by atoms with van der Waals surface area (Å²) in [6, 6.07) is 0.